The number of hydrogen-bond acceptors (Lipinski definition) is 4. The average Bonchev–Trinajstić information content (AvgIpc) is 2.48. The standard InChI is InChI=1S/C15H30N4/c16-6-10-17-8-4-14(5-9-17)19-12-11-18-7-2-1-3-15(18)13-19/h14-15H,1-13,16H2. The number of nitrogens with zero attached hydrogens (tertiary/aromatic N) is 3. The van der Waals surface area contributed by atoms with Crippen LogP contribution in [0.5, 0.6) is 0 Å². The SMILES string of the molecule is NCCN1CCC(N2CCN3CCCCC3C2)CC1. The molecule has 0 amide bonds. The lowest BCUT2D eigenvalue weighted by molar-refractivity contribution is 0.0102. The van der Waals surface area contributed by atoms with Crippen molar-refractivity contribution in [3.8, 4) is 0 Å². The smallest absolute Gasteiger partial charge is 0.0223 e. The van der Waals surface area contributed by atoms with E-state index in [1.54, 1.807) is 0 Å². The fourth-order valence-electron chi connectivity index (χ4n) is 4.20. The molecule has 0 radical (unpaired) electrons. The summed E-state index contributed by atoms with van der Waals surface area (Å²) in [6.07, 6.45) is 7.01. The summed E-state index contributed by atoms with van der Waals surface area (Å²) in [5, 5.41) is 0. The van der Waals surface area contributed by atoms with Crippen molar-refractivity contribution in [1.82, 2.24) is 14.7 Å². The summed E-state index contributed by atoms with van der Waals surface area (Å²) in [4.78, 5) is 8.07. The van der Waals surface area contributed by atoms with Crippen LogP contribution in [-0.4, -0.2) is 79.1 Å². The molecule has 3 fully saturated rings. The van der Waals surface area contributed by atoms with Crippen LogP contribution in [0.2, 0.25) is 0 Å². The normalized spacial score (nSPS) is 32.4. The second kappa shape index (κ2) is 6.53. The number of likely N-dealkylation sites (tertiary alicyclic amines) is 1. The Kier molecular flexibility index (Phi) is 4.74. The fourth-order valence-corrected chi connectivity index (χ4v) is 4.20. The van der Waals surface area contributed by atoms with Crippen LogP contribution in [0.1, 0.15) is 32.1 Å². The van der Waals surface area contributed by atoms with Gasteiger partial charge in [0, 0.05) is 44.8 Å². The molecule has 1 unspecified atom stereocenters. The molecule has 3 aliphatic rings. The summed E-state index contributed by atoms with van der Waals surface area (Å²) in [6.45, 7) is 9.72. The Labute approximate surface area is 117 Å². The van der Waals surface area contributed by atoms with Gasteiger partial charge in [-0.15, -0.1) is 0 Å². The van der Waals surface area contributed by atoms with Crippen molar-refractivity contribution in [2.24, 2.45) is 5.73 Å². The second-order valence-electron chi connectivity index (χ2n) is 6.54. The third-order valence-corrected chi connectivity index (χ3v) is 5.39. The minimum absolute atomic E-state index is 0.811. The van der Waals surface area contributed by atoms with Gasteiger partial charge in [-0.3, -0.25) is 9.80 Å². The number of fused-ring (bicyclic) bond motifs is 1. The first kappa shape index (κ1) is 13.8. The van der Waals surface area contributed by atoms with Crippen LogP contribution in [0.4, 0.5) is 0 Å². The van der Waals surface area contributed by atoms with Crippen molar-refractivity contribution in [1.29, 1.82) is 0 Å². The molecule has 19 heavy (non-hydrogen) atoms. The molecule has 4 heteroatoms. The molecule has 110 valence electrons. The minimum atomic E-state index is 0.811. The Balaban J connectivity index is 1.48. The first-order valence-electron chi connectivity index (χ1n) is 8.27. The van der Waals surface area contributed by atoms with E-state index in [1.807, 2.05) is 0 Å². The maximum absolute atomic E-state index is 5.65. The molecule has 0 aromatic heterocycles. The van der Waals surface area contributed by atoms with E-state index in [0.29, 0.717) is 0 Å². The molecule has 1 atom stereocenters. The highest BCUT2D eigenvalue weighted by Crippen LogP contribution is 2.25. The van der Waals surface area contributed by atoms with E-state index in [4.69, 9.17) is 5.73 Å². The fraction of sp³-hybridized carbons (Fsp3) is 1.00. The van der Waals surface area contributed by atoms with Gasteiger partial charge < -0.3 is 10.6 Å². The van der Waals surface area contributed by atoms with Crippen LogP contribution in [-0.2, 0) is 0 Å². The summed E-state index contributed by atoms with van der Waals surface area (Å²) < 4.78 is 0. The summed E-state index contributed by atoms with van der Waals surface area (Å²) >= 11 is 0. The van der Waals surface area contributed by atoms with Crippen molar-refractivity contribution < 1.29 is 0 Å². The topological polar surface area (TPSA) is 35.7 Å². The van der Waals surface area contributed by atoms with Gasteiger partial charge in [-0.25, -0.2) is 0 Å². The third-order valence-electron chi connectivity index (χ3n) is 5.39. The zero-order chi connectivity index (χ0) is 13.1. The Morgan fingerprint density at radius 1 is 0.789 bits per heavy atom. The summed E-state index contributed by atoms with van der Waals surface area (Å²) in [5.74, 6) is 0. The zero-order valence-corrected chi connectivity index (χ0v) is 12.3. The van der Waals surface area contributed by atoms with E-state index in [1.165, 1.54) is 71.4 Å². The molecule has 0 aromatic rings. The van der Waals surface area contributed by atoms with Gasteiger partial charge in [-0.2, -0.15) is 0 Å². The first-order chi connectivity index (χ1) is 9.36. The van der Waals surface area contributed by atoms with Crippen LogP contribution >= 0.6 is 0 Å². The number of hydrogen-bond donors (Lipinski definition) is 1. The van der Waals surface area contributed by atoms with E-state index in [9.17, 15) is 0 Å². The molecule has 3 rings (SSSR count). The third kappa shape index (κ3) is 3.30. The van der Waals surface area contributed by atoms with Crippen LogP contribution in [0, 0.1) is 0 Å². The first-order valence-corrected chi connectivity index (χ1v) is 8.27. The number of piperazine rings is 1. The lowest BCUT2D eigenvalue weighted by atomic mass is 9.96. The lowest BCUT2D eigenvalue weighted by Gasteiger charge is -2.48. The Morgan fingerprint density at radius 2 is 1.58 bits per heavy atom. The quantitative estimate of drug-likeness (QED) is 0.810. The molecular weight excluding hydrogens is 236 g/mol. The summed E-state index contributed by atoms with van der Waals surface area (Å²) in [7, 11) is 0. The highest BCUT2D eigenvalue weighted by atomic mass is 15.3. The predicted molar refractivity (Wildman–Crippen MR) is 79.3 cm³/mol. The molecule has 0 aliphatic carbocycles. The molecule has 0 bridgehead atoms. The van der Waals surface area contributed by atoms with Crippen LogP contribution in [0.25, 0.3) is 0 Å². The van der Waals surface area contributed by atoms with Gasteiger partial charge in [0.1, 0.15) is 0 Å². The van der Waals surface area contributed by atoms with Crippen molar-refractivity contribution in [2.45, 2.75) is 44.2 Å². The number of rotatable bonds is 3. The largest absolute Gasteiger partial charge is 0.329 e. The monoisotopic (exact) mass is 266 g/mol. The van der Waals surface area contributed by atoms with E-state index < -0.39 is 0 Å². The zero-order valence-electron chi connectivity index (χ0n) is 12.3. The van der Waals surface area contributed by atoms with Crippen molar-refractivity contribution in [2.75, 3.05) is 52.4 Å². The minimum Gasteiger partial charge on any atom is -0.329 e. The summed E-state index contributed by atoms with van der Waals surface area (Å²) in [5.41, 5.74) is 5.65. The molecule has 0 spiro atoms. The van der Waals surface area contributed by atoms with Crippen LogP contribution in [0.3, 0.4) is 0 Å². The average molecular weight is 266 g/mol. The van der Waals surface area contributed by atoms with Gasteiger partial charge in [0.05, 0.1) is 0 Å². The number of piperidine rings is 2. The molecule has 2 N–H and O–H groups in total. The predicted octanol–water partition coefficient (Wildman–Crippen LogP) is 0.580. The van der Waals surface area contributed by atoms with Gasteiger partial charge >= 0.3 is 0 Å². The van der Waals surface area contributed by atoms with Gasteiger partial charge in [0.2, 0.25) is 0 Å². The molecule has 4 nitrogen and oxygen atoms in total. The van der Waals surface area contributed by atoms with Crippen molar-refractivity contribution >= 4 is 0 Å². The molecule has 3 aliphatic heterocycles. The molecule has 3 saturated heterocycles. The van der Waals surface area contributed by atoms with E-state index in [-0.39, 0.29) is 0 Å². The summed E-state index contributed by atoms with van der Waals surface area (Å²) in [6, 6.07) is 1.71. The van der Waals surface area contributed by atoms with Gasteiger partial charge in [0.15, 0.2) is 0 Å². The van der Waals surface area contributed by atoms with E-state index in [0.717, 1.165) is 25.2 Å². The molecule has 3 heterocycles. The Morgan fingerprint density at radius 3 is 2.37 bits per heavy atom. The van der Waals surface area contributed by atoms with Gasteiger partial charge in [-0.05, 0) is 45.3 Å². The number of nitrogens with two attached hydrogens (primary N) is 1. The highest BCUT2D eigenvalue weighted by Gasteiger charge is 2.33. The van der Waals surface area contributed by atoms with Crippen LogP contribution < -0.4 is 5.73 Å². The van der Waals surface area contributed by atoms with Crippen LogP contribution in [0.15, 0.2) is 0 Å². The van der Waals surface area contributed by atoms with Gasteiger partial charge in [0.25, 0.3) is 0 Å². The van der Waals surface area contributed by atoms with E-state index >= 15 is 0 Å². The Bertz CT molecular complexity index is 275. The lowest BCUT2D eigenvalue weighted by Crippen LogP contribution is -2.58. The Hall–Kier alpha value is -0.160. The molecule has 0 saturated carbocycles. The molecular formula is C15H30N4. The second-order valence-corrected chi connectivity index (χ2v) is 6.54. The maximum atomic E-state index is 5.65. The van der Waals surface area contributed by atoms with Crippen molar-refractivity contribution in [3.05, 3.63) is 0 Å². The highest BCUT2D eigenvalue weighted by molar-refractivity contribution is 4.89. The maximum Gasteiger partial charge on any atom is 0.0223 e. The van der Waals surface area contributed by atoms with Gasteiger partial charge in [-0.1, -0.05) is 6.42 Å². The van der Waals surface area contributed by atoms with E-state index in [2.05, 4.69) is 14.7 Å². The molecule has 0 aromatic carbocycles. The van der Waals surface area contributed by atoms with Crippen molar-refractivity contribution in [3.63, 3.8) is 0 Å².